The van der Waals surface area contributed by atoms with Gasteiger partial charge in [-0.1, -0.05) is 48.5 Å². The van der Waals surface area contributed by atoms with Gasteiger partial charge >= 0.3 is 0 Å². The van der Waals surface area contributed by atoms with Gasteiger partial charge in [0.2, 0.25) is 0 Å². The lowest BCUT2D eigenvalue weighted by molar-refractivity contribution is 0.174. The second kappa shape index (κ2) is 5.99. The minimum absolute atomic E-state index is 0.0624. The van der Waals surface area contributed by atoms with Gasteiger partial charge in [0.25, 0.3) is 0 Å². The molecule has 1 N–H and O–H groups in total. The molecule has 0 aromatic heterocycles. The monoisotopic (exact) mass is 276 g/mol. The molecule has 0 aliphatic rings. The fraction of sp³-hybridized carbons (Fsp3) is 0.200. The summed E-state index contributed by atoms with van der Waals surface area (Å²) in [6.45, 7) is 0. The zero-order chi connectivity index (χ0) is 13.7. The summed E-state index contributed by atoms with van der Waals surface area (Å²) >= 11 is 0. The molecule has 0 aliphatic carbocycles. The van der Waals surface area contributed by atoms with Crippen molar-refractivity contribution >= 4 is 9.84 Å². The SMILES string of the molecule is O=S(=O)(CC[C@H](O)c1ccccc1)c1ccccc1. The molecule has 0 saturated carbocycles. The molecule has 1 atom stereocenters. The van der Waals surface area contributed by atoms with Gasteiger partial charge in [-0.3, -0.25) is 0 Å². The van der Waals surface area contributed by atoms with E-state index in [4.69, 9.17) is 0 Å². The van der Waals surface area contributed by atoms with Gasteiger partial charge in [-0.2, -0.15) is 0 Å². The normalized spacial score (nSPS) is 13.1. The molecule has 19 heavy (non-hydrogen) atoms. The number of hydrogen-bond acceptors (Lipinski definition) is 3. The number of benzene rings is 2. The van der Waals surface area contributed by atoms with E-state index in [0.717, 1.165) is 5.56 Å². The van der Waals surface area contributed by atoms with Gasteiger partial charge in [0, 0.05) is 0 Å². The van der Waals surface area contributed by atoms with Crippen molar-refractivity contribution in [2.45, 2.75) is 17.4 Å². The molecular formula is C15H16O3S. The maximum atomic E-state index is 12.1. The first kappa shape index (κ1) is 13.8. The van der Waals surface area contributed by atoms with Gasteiger partial charge < -0.3 is 5.11 Å². The van der Waals surface area contributed by atoms with E-state index in [1.807, 2.05) is 18.2 Å². The topological polar surface area (TPSA) is 54.4 Å². The largest absolute Gasteiger partial charge is 0.388 e. The Hall–Kier alpha value is -1.65. The van der Waals surface area contributed by atoms with E-state index in [1.54, 1.807) is 42.5 Å². The molecular weight excluding hydrogens is 260 g/mol. The van der Waals surface area contributed by atoms with Crippen molar-refractivity contribution in [2.75, 3.05) is 5.75 Å². The Morgan fingerprint density at radius 2 is 1.42 bits per heavy atom. The molecule has 0 spiro atoms. The summed E-state index contributed by atoms with van der Waals surface area (Å²) in [5.41, 5.74) is 0.741. The van der Waals surface area contributed by atoms with Crippen LogP contribution in [-0.4, -0.2) is 19.3 Å². The molecule has 0 heterocycles. The van der Waals surface area contributed by atoms with Crippen molar-refractivity contribution in [3.05, 3.63) is 66.2 Å². The molecule has 2 aromatic rings. The minimum Gasteiger partial charge on any atom is -0.388 e. The lowest BCUT2D eigenvalue weighted by Crippen LogP contribution is -2.10. The highest BCUT2D eigenvalue weighted by atomic mass is 32.2. The van der Waals surface area contributed by atoms with E-state index in [1.165, 1.54) is 0 Å². The Kier molecular flexibility index (Phi) is 4.35. The average molecular weight is 276 g/mol. The summed E-state index contributed by atoms with van der Waals surface area (Å²) in [5.74, 6) is -0.0624. The van der Waals surface area contributed by atoms with Crippen LogP contribution in [0.15, 0.2) is 65.6 Å². The van der Waals surface area contributed by atoms with Crippen LogP contribution in [0, 0.1) is 0 Å². The van der Waals surface area contributed by atoms with Crippen LogP contribution >= 0.6 is 0 Å². The molecule has 3 nitrogen and oxygen atoms in total. The van der Waals surface area contributed by atoms with E-state index in [-0.39, 0.29) is 12.2 Å². The lowest BCUT2D eigenvalue weighted by Gasteiger charge is -2.11. The fourth-order valence-electron chi connectivity index (χ4n) is 1.85. The van der Waals surface area contributed by atoms with E-state index < -0.39 is 15.9 Å². The standard InChI is InChI=1S/C15H16O3S/c16-15(13-7-3-1-4-8-13)11-12-19(17,18)14-9-5-2-6-10-14/h1-10,15-16H,11-12H2/t15-/m0/s1. The van der Waals surface area contributed by atoms with Crippen molar-refractivity contribution in [1.29, 1.82) is 0 Å². The molecule has 0 radical (unpaired) electrons. The van der Waals surface area contributed by atoms with Gasteiger partial charge in [-0.15, -0.1) is 0 Å². The smallest absolute Gasteiger partial charge is 0.178 e. The predicted molar refractivity (Wildman–Crippen MR) is 74.5 cm³/mol. The van der Waals surface area contributed by atoms with Crippen LogP contribution in [0.2, 0.25) is 0 Å². The second-order valence-corrected chi connectivity index (χ2v) is 6.46. The van der Waals surface area contributed by atoms with E-state index in [9.17, 15) is 13.5 Å². The van der Waals surface area contributed by atoms with Crippen LogP contribution in [0.4, 0.5) is 0 Å². The Labute approximate surface area is 113 Å². The van der Waals surface area contributed by atoms with Crippen LogP contribution in [-0.2, 0) is 9.84 Å². The zero-order valence-electron chi connectivity index (χ0n) is 10.4. The Balaban J connectivity index is 2.03. The van der Waals surface area contributed by atoms with Crippen LogP contribution < -0.4 is 0 Å². The summed E-state index contributed by atoms with van der Waals surface area (Å²) in [7, 11) is -3.32. The van der Waals surface area contributed by atoms with Crippen LogP contribution in [0.1, 0.15) is 18.1 Å². The van der Waals surface area contributed by atoms with Gasteiger partial charge in [0.05, 0.1) is 16.8 Å². The number of sulfone groups is 1. The molecule has 0 aliphatic heterocycles. The third-order valence-electron chi connectivity index (χ3n) is 2.95. The van der Waals surface area contributed by atoms with Gasteiger partial charge in [-0.05, 0) is 24.1 Å². The molecule has 100 valence electrons. The summed E-state index contributed by atoms with van der Waals surface area (Å²) in [6, 6.07) is 17.4. The molecule has 0 fully saturated rings. The second-order valence-electron chi connectivity index (χ2n) is 4.35. The van der Waals surface area contributed by atoms with Crippen molar-refractivity contribution in [1.82, 2.24) is 0 Å². The summed E-state index contributed by atoms with van der Waals surface area (Å²) in [4.78, 5) is 0.301. The highest BCUT2D eigenvalue weighted by Crippen LogP contribution is 2.19. The molecule has 0 bridgehead atoms. The molecule has 0 unspecified atom stereocenters. The Morgan fingerprint density at radius 3 is 2.00 bits per heavy atom. The van der Waals surface area contributed by atoms with E-state index in [2.05, 4.69) is 0 Å². The average Bonchev–Trinajstić information content (AvgIpc) is 2.47. The molecule has 0 saturated heterocycles. The van der Waals surface area contributed by atoms with Gasteiger partial charge in [-0.25, -0.2) is 8.42 Å². The van der Waals surface area contributed by atoms with Crippen molar-refractivity contribution in [3.8, 4) is 0 Å². The maximum Gasteiger partial charge on any atom is 0.178 e. The number of hydrogen-bond donors (Lipinski definition) is 1. The van der Waals surface area contributed by atoms with Crippen LogP contribution in [0.25, 0.3) is 0 Å². The zero-order valence-corrected chi connectivity index (χ0v) is 11.3. The number of aliphatic hydroxyl groups is 1. The first-order chi connectivity index (χ1) is 9.09. The van der Waals surface area contributed by atoms with Crippen LogP contribution in [0.3, 0.4) is 0 Å². The summed E-state index contributed by atoms with van der Waals surface area (Å²) < 4.78 is 24.1. The first-order valence-corrected chi connectivity index (χ1v) is 7.75. The Morgan fingerprint density at radius 1 is 0.895 bits per heavy atom. The van der Waals surface area contributed by atoms with Crippen LogP contribution in [0.5, 0.6) is 0 Å². The third-order valence-corrected chi connectivity index (χ3v) is 4.71. The third kappa shape index (κ3) is 3.66. The minimum atomic E-state index is -3.32. The fourth-order valence-corrected chi connectivity index (χ4v) is 3.20. The Bertz CT molecular complexity index is 606. The van der Waals surface area contributed by atoms with Crippen molar-refractivity contribution in [2.24, 2.45) is 0 Å². The molecule has 2 aromatic carbocycles. The molecule has 2 rings (SSSR count). The van der Waals surface area contributed by atoms with Gasteiger partial charge in [0.15, 0.2) is 9.84 Å². The lowest BCUT2D eigenvalue weighted by atomic mass is 10.1. The molecule has 4 heteroatoms. The van der Waals surface area contributed by atoms with Crippen molar-refractivity contribution in [3.63, 3.8) is 0 Å². The van der Waals surface area contributed by atoms with Gasteiger partial charge in [0.1, 0.15) is 0 Å². The van der Waals surface area contributed by atoms with Crippen molar-refractivity contribution < 1.29 is 13.5 Å². The first-order valence-electron chi connectivity index (χ1n) is 6.10. The number of aliphatic hydroxyl groups excluding tert-OH is 1. The maximum absolute atomic E-state index is 12.1. The highest BCUT2D eigenvalue weighted by molar-refractivity contribution is 7.91. The number of rotatable bonds is 5. The summed E-state index contributed by atoms with van der Waals surface area (Å²) in [6.07, 6.45) is -0.555. The quantitative estimate of drug-likeness (QED) is 0.913. The summed E-state index contributed by atoms with van der Waals surface area (Å²) in [5, 5.41) is 9.97. The highest BCUT2D eigenvalue weighted by Gasteiger charge is 2.17. The van der Waals surface area contributed by atoms with E-state index in [0.29, 0.717) is 4.90 Å². The molecule has 0 amide bonds. The van der Waals surface area contributed by atoms with E-state index >= 15 is 0 Å². The predicted octanol–water partition coefficient (Wildman–Crippen LogP) is 2.58.